The van der Waals surface area contributed by atoms with E-state index in [4.69, 9.17) is 0 Å². The first kappa shape index (κ1) is 13.7. The van der Waals surface area contributed by atoms with E-state index in [0.717, 1.165) is 24.5 Å². The van der Waals surface area contributed by atoms with Crippen molar-refractivity contribution in [2.75, 3.05) is 5.32 Å². The van der Waals surface area contributed by atoms with Gasteiger partial charge in [-0.25, -0.2) is 0 Å². The molecule has 2 rings (SSSR count). The molecule has 4 nitrogen and oxygen atoms in total. The second-order valence-corrected chi connectivity index (χ2v) is 5.22. The van der Waals surface area contributed by atoms with Gasteiger partial charge in [0, 0.05) is 24.5 Å². The second kappa shape index (κ2) is 5.51. The zero-order valence-electron chi connectivity index (χ0n) is 12.6. The zero-order valence-corrected chi connectivity index (χ0v) is 12.6. The van der Waals surface area contributed by atoms with Gasteiger partial charge in [0.25, 0.3) is 0 Å². The first-order valence-corrected chi connectivity index (χ1v) is 6.98. The highest BCUT2D eigenvalue weighted by molar-refractivity contribution is 5.52. The lowest BCUT2D eigenvalue weighted by Gasteiger charge is -2.11. The summed E-state index contributed by atoms with van der Waals surface area (Å²) in [6.07, 6.45) is 2.12. The maximum absolute atomic E-state index is 4.60. The monoisotopic (exact) mass is 260 g/mol. The van der Waals surface area contributed by atoms with Gasteiger partial charge in [0.1, 0.15) is 0 Å². The van der Waals surface area contributed by atoms with Crippen molar-refractivity contribution in [3.05, 3.63) is 35.4 Å². The van der Waals surface area contributed by atoms with Crippen LogP contribution in [0.5, 0.6) is 0 Å². The highest BCUT2D eigenvalue weighted by Crippen LogP contribution is 2.23. The van der Waals surface area contributed by atoms with Crippen LogP contribution in [0.3, 0.4) is 0 Å². The molecule has 0 aliphatic rings. The predicted molar refractivity (Wildman–Crippen MR) is 79.5 cm³/mol. The molecule has 0 aliphatic heterocycles. The first-order chi connectivity index (χ1) is 9.04. The minimum Gasteiger partial charge on any atom is -0.376 e. The third-order valence-electron chi connectivity index (χ3n) is 3.52. The summed E-state index contributed by atoms with van der Waals surface area (Å²) in [5.74, 6) is 0. The summed E-state index contributed by atoms with van der Waals surface area (Å²) in [4.78, 5) is 0. The van der Waals surface area contributed by atoms with Crippen molar-refractivity contribution in [2.24, 2.45) is 0 Å². The third kappa shape index (κ3) is 2.67. The van der Waals surface area contributed by atoms with Crippen molar-refractivity contribution >= 4 is 5.69 Å². The van der Waals surface area contributed by atoms with Gasteiger partial charge in [-0.3, -0.25) is 4.68 Å². The zero-order chi connectivity index (χ0) is 14.0. The number of aryl methyl sites for hydroxylation is 2. The molecule has 0 spiro atoms. The minimum atomic E-state index is 0.397. The van der Waals surface area contributed by atoms with Gasteiger partial charge in [0.05, 0.1) is 23.6 Å². The molecule has 0 fully saturated rings. The van der Waals surface area contributed by atoms with Crippen LogP contribution in [-0.4, -0.2) is 14.3 Å². The Morgan fingerprint density at radius 3 is 2.63 bits per heavy atom. The average molecular weight is 260 g/mol. The van der Waals surface area contributed by atoms with Crippen LogP contribution in [0.15, 0.2) is 18.3 Å². The van der Waals surface area contributed by atoms with E-state index in [0.29, 0.717) is 6.04 Å². The Labute approximate surface area is 115 Å². The molecule has 0 saturated carbocycles. The average Bonchev–Trinajstić information content (AvgIpc) is 2.92. The molecule has 1 N–H and O–H groups in total. The quantitative estimate of drug-likeness (QED) is 0.892. The summed E-state index contributed by atoms with van der Waals surface area (Å²) >= 11 is 0. The van der Waals surface area contributed by atoms with Crippen LogP contribution in [0.25, 0.3) is 0 Å². The lowest BCUT2D eigenvalue weighted by atomic mass is 10.3. The van der Waals surface area contributed by atoms with Crippen LogP contribution in [0.4, 0.5) is 5.69 Å². The molecule has 0 aromatic carbocycles. The fourth-order valence-electron chi connectivity index (χ4n) is 2.52. The van der Waals surface area contributed by atoms with Gasteiger partial charge in [-0.05, 0) is 46.8 Å². The van der Waals surface area contributed by atoms with Crippen molar-refractivity contribution in [3.8, 4) is 0 Å². The Bertz CT molecular complexity index is 548. The summed E-state index contributed by atoms with van der Waals surface area (Å²) in [7, 11) is 0. The molecule has 0 bridgehead atoms. The number of nitrogens with zero attached hydrogens (tertiary/aromatic N) is 3. The number of rotatable bonds is 5. The van der Waals surface area contributed by atoms with Gasteiger partial charge in [-0.2, -0.15) is 5.10 Å². The van der Waals surface area contributed by atoms with E-state index in [1.54, 1.807) is 0 Å². The largest absolute Gasteiger partial charge is 0.376 e. The highest BCUT2D eigenvalue weighted by atomic mass is 15.3. The predicted octanol–water partition coefficient (Wildman–Crippen LogP) is 3.51. The van der Waals surface area contributed by atoms with Gasteiger partial charge in [-0.15, -0.1) is 0 Å². The van der Waals surface area contributed by atoms with Gasteiger partial charge in [0.15, 0.2) is 0 Å². The van der Waals surface area contributed by atoms with Gasteiger partial charge in [-0.1, -0.05) is 0 Å². The standard InChI is InChI=1S/C15H24N4/c1-6-18-9-7-8-14(18)10-16-15-12(4)17-19(11(2)3)13(15)5/h7-9,11,16H,6,10H2,1-5H3. The minimum absolute atomic E-state index is 0.397. The van der Waals surface area contributed by atoms with Crippen molar-refractivity contribution in [3.63, 3.8) is 0 Å². The van der Waals surface area contributed by atoms with Gasteiger partial charge < -0.3 is 9.88 Å². The summed E-state index contributed by atoms with van der Waals surface area (Å²) < 4.78 is 4.33. The number of aromatic nitrogens is 3. The van der Waals surface area contributed by atoms with E-state index in [2.05, 4.69) is 72.6 Å². The van der Waals surface area contributed by atoms with E-state index in [1.807, 2.05) is 0 Å². The van der Waals surface area contributed by atoms with Crippen LogP contribution in [0, 0.1) is 13.8 Å². The molecule has 0 aliphatic carbocycles. The van der Waals surface area contributed by atoms with E-state index in [1.165, 1.54) is 11.4 Å². The summed E-state index contributed by atoms with van der Waals surface area (Å²) in [6, 6.07) is 4.65. The van der Waals surface area contributed by atoms with Crippen molar-refractivity contribution in [1.82, 2.24) is 14.3 Å². The molecule has 104 valence electrons. The molecule has 4 heteroatoms. The van der Waals surface area contributed by atoms with E-state index < -0.39 is 0 Å². The van der Waals surface area contributed by atoms with Crippen molar-refractivity contribution in [1.29, 1.82) is 0 Å². The lowest BCUT2D eigenvalue weighted by molar-refractivity contribution is 0.516. The first-order valence-electron chi connectivity index (χ1n) is 6.98. The Morgan fingerprint density at radius 2 is 2.05 bits per heavy atom. The van der Waals surface area contributed by atoms with Crippen molar-refractivity contribution < 1.29 is 0 Å². The Balaban J connectivity index is 2.16. The Hall–Kier alpha value is -1.71. The van der Waals surface area contributed by atoms with Crippen molar-refractivity contribution in [2.45, 2.75) is 53.8 Å². The molecule has 0 radical (unpaired) electrons. The van der Waals surface area contributed by atoms with E-state index in [-0.39, 0.29) is 0 Å². The molecule has 0 amide bonds. The number of anilines is 1. The van der Waals surface area contributed by atoms with E-state index >= 15 is 0 Å². The number of hydrogen-bond acceptors (Lipinski definition) is 2. The molecule has 0 unspecified atom stereocenters. The van der Waals surface area contributed by atoms with Crippen LogP contribution in [-0.2, 0) is 13.1 Å². The van der Waals surface area contributed by atoms with Crippen LogP contribution < -0.4 is 5.32 Å². The summed E-state index contributed by atoms with van der Waals surface area (Å²) in [5, 5.41) is 8.13. The Morgan fingerprint density at radius 1 is 1.32 bits per heavy atom. The molecule has 19 heavy (non-hydrogen) atoms. The third-order valence-corrected chi connectivity index (χ3v) is 3.52. The fraction of sp³-hybridized carbons (Fsp3) is 0.533. The van der Waals surface area contributed by atoms with Gasteiger partial charge in [0.2, 0.25) is 0 Å². The summed E-state index contributed by atoms with van der Waals surface area (Å²) in [6.45, 7) is 12.5. The maximum Gasteiger partial charge on any atom is 0.0828 e. The van der Waals surface area contributed by atoms with E-state index in [9.17, 15) is 0 Å². The molecule has 0 atom stereocenters. The normalized spacial score (nSPS) is 11.3. The molecular formula is C15H24N4. The maximum atomic E-state index is 4.60. The molecule has 0 saturated heterocycles. The van der Waals surface area contributed by atoms with Gasteiger partial charge >= 0.3 is 0 Å². The smallest absolute Gasteiger partial charge is 0.0828 e. The molecular weight excluding hydrogens is 236 g/mol. The van der Waals surface area contributed by atoms with Crippen LogP contribution in [0.1, 0.15) is 43.9 Å². The van der Waals surface area contributed by atoms with Crippen LogP contribution in [0.2, 0.25) is 0 Å². The Kier molecular flexibility index (Phi) is 3.98. The highest BCUT2D eigenvalue weighted by Gasteiger charge is 2.13. The fourth-order valence-corrected chi connectivity index (χ4v) is 2.52. The number of nitrogens with one attached hydrogen (secondary N) is 1. The molecule has 2 heterocycles. The molecule has 2 aromatic heterocycles. The SMILES string of the molecule is CCn1cccc1CNc1c(C)nn(C(C)C)c1C. The number of hydrogen-bond donors (Lipinski definition) is 1. The van der Waals surface area contributed by atoms with Crippen LogP contribution >= 0.6 is 0 Å². The topological polar surface area (TPSA) is 34.8 Å². The summed E-state index contributed by atoms with van der Waals surface area (Å²) in [5.41, 5.74) is 4.75. The lowest BCUT2D eigenvalue weighted by Crippen LogP contribution is -2.08. The molecule has 2 aromatic rings. The second-order valence-electron chi connectivity index (χ2n) is 5.22.